The monoisotopic (exact) mass is 335 g/mol. The van der Waals surface area contributed by atoms with E-state index in [0.29, 0.717) is 0 Å². The van der Waals surface area contributed by atoms with E-state index in [0.717, 1.165) is 0 Å². The van der Waals surface area contributed by atoms with E-state index >= 15 is 0 Å². The molecule has 0 bridgehead atoms. The molecule has 0 saturated heterocycles. The molecule has 0 aliphatic rings. The third kappa shape index (κ3) is 8.85. The Morgan fingerprint density at radius 2 is 0.500 bits per heavy atom. The summed E-state index contributed by atoms with van der Waals surface area (Å²) in [5.41, 5.74) is 0. The van der Waals surface area contributed by atoms with Crippen molar-refractivity contribution in [2.24, 2.45) is 0 Å². The largest absolute Gasteiger partial charge is 0.147 e. The number of rotatable bonds is 0. The maximum Gasteiger partial charge on any atom is 0 e. The Labute approximate surface area is 79.9 Å². The molecule has 0 heterocycles. The van der Waals surface area contributed by atoms with Gasteiger partial charge >= 0.3 is 0 Å². The third-order valence-electron chi connectivity index (χ3n) is 0. The zero-order valence-corrected chi connectivity index (χ0v) is 9.00. The molecule has 0 rings (SSSR count). The van der Waals surface area contributed by atoms with Gasteiger partial charge in [0.15, 0.2) is 0 Å². The first-order valence-electron chi connectivity index (χ1n) is 0. The molecule has 0 aromatic carbocycles. The molecule has 4 heavy (non-hydrogen) atoms. The molecule has 0 unspecified atom stereocenters. The Balaban J connectivity index is 0. The molecule has 0 aliphatic heterocycles. The smallest absolute Gasteiger partial charge is 0 e. The Kier molecular flexibility index (Phi) is 154. The van der Waals surface area contributed by atoms with E-state index in [1.165, 1.54) is 0 Å². The van der Waals surface area contributed by atoms with Crippen molar-refractivity contribution in [3.05, 3.63) is 0 Å². The summed E-state index contributed by atoms with van der Waals surface area (Å²) in [5, 5.41) is 0. The van der Waals surface area contributed by atoms with Crippen molar-refractivity contribution in [2.75, 3.05) is 0 Å². The van der Waals surface area contributed by atoms with E-state index in [9.17, 15) is 0 Å². The second-order valence-corrected chi connectivity index (χ2v) is 0. The van der Waals surface area contributed by atoms with E-state index in [4.69, 9.17) is 0 Å². The fourth-order valence-corrected chi connectivity index (χ4v) is 0. The molecule has 1 radical (unpaired) electrons. The average Bonchev–Trinajstić information content (AvgIpc) is 0. The van der Waals surface area contributed by atoms with Gasteiger partial charge in [-0.05, 0) is 0 Å². The van der Waals surface area contributed by atoms with Crippen molar-refractivity contribution in [1.82, 2.24) is 0 Å². The van der Waals surface area contributed by atoms with Crippen LogP contribution in [-0.2, 0) is 0 Å². The molecule has 0 aromatic heterocycles. The molecule has 0 atom stereocenters. The Hall–Kier alpha value is 2.31. The normalized spacial score (nSPS) is 0. The van der Waals surface area contributed by atoms with Crippen molar-refractivity contribution in [2.45, 2.75) is 0 Å². The van der Waals surface area contributed by atoms with Gasteiger partial charge in [-0.2, -0.15) is 0 Å². The summed E-state index contributed by atoms with van der Waals surface area (Å²) >= 11 is 0. The van der Waals surface area contributed by atoms with Gasteiger partial charge < -0.3 is 0 Å². The SMILES string of the molecule is Cl.Cl.Cl.[Ac]. The molecule has 0 aliphatic carbocycles. The van der Waals surface area contributed by atoms with Crippen LogP contribution in [0.5, 0.6) is 0 Å². The van der Waals surface area contributed by atoms with E-state index < -0.39 is 0 Å². The van der Waals surface area contributed by atoms with Crippen molar-refractivity contribution in [3.63, 3.8) is 0 Å². The van der Waals surface area contributed by atoms with E-state index in [1.807, 2.05) is 0 Å². The number of hydrogen-bond donors (Lipinski definition) is 0. The van der Waals surface area contributed by atoms with Crippen LogP contribution in [0.1, 0.15) is 0 Å². The molecule has 0 saturated carbocycles. The Morgan fingerprint density at radius 1 is 0.500 bits per heavy atom. The van der Waals surface area contributed by atoms with Gasteiger partial charge in [-0.3, -0.25) is 0 Å². The summed E-state index contributed by atoms with van der Waals surface area (Å²) in [5.74, 6) is 0. The predicted octanol–water partition coefficient (Wildman–Crippen LogP) is 1.27. The van der Waals surface area contributed by atoms with E-state index in [-0.39, 0.29) is 81.3 Å². The molecule has 0 spiro atoms. The van der Waals surface area contributed by atoms with Gasteiger partial charge in [0.25, 0.3) is 0 Å². The topological polar surface area (TPSA) is 0 Å². The Bertz CT molecular complexity index is 3.25. The van der Waals surface area contributed by atoms with Crippen LogP contribution in [-0.4, -0.2) is 0 Å². The van der Waals surface area contributed by atoms with Crippen molar-refractivity contribution in [1.29, 1.82) is 0 Å². The van der Waals surface area contributed by atoms with E-state index in [1.54, 1.807) is 0 Å². The van der Waals surface area contributed by atoms with Crippen LogP contribution in [0.15, 0.2) is 0 Å². The van der Waals surface area contributed by atoms with Crippen molar-refractivity contribution in [3.8, 4) is 0 Å². The van der Waals surface area contributed by atoms with Crippen molar-refractivity contribution >= 4 is 37.2 Å². The summed E-state index contributed by atoms with van der Waals surface area (Å²) in [6, 6.07) is 0. The predicted molar refractivity (Wildman–Crippen MR) is 21.7 cm³/mol. The minimum Gasteiger partial charge on any atom is -0.147 e. The van der Waals surface area contributed by atoms with Gasteiger partial charge in [0, 0.05) is 44.1 Å². The zero-order chi connectivity index (χ0) is 0. The fourth-order valence-electron chi connectivity index (χ4n) is 0. The van der Waals surface area contributed by atoms with Gasteiger partial charge in [0.1, 0.15) is 0 Å². The summed E-state index contributed by atoms with van der Waals surface area (Å²) in [6.07, 6.45) is 0. The van der Waals surface area contributed by atoms with Crippen LogP contribution in [0.25, 0.3) is 0 Å². The van der Waals surface area contributed by atoms with Crippen LogP contribution in [0.3, 0.4) is 0 Å². The molecule has 0 nitrogen and oxygen atoms in total. The molecule has 4 heteroatoms. The van der Waals surface area contributed by atoms with Gasteiger partial charge in [-0.25, -0.2) is 0 Å². The first-order valence-corrected chi connectivity index (χ1v) is 0. The van der Waals surface area contributed by atoms with Crippen LogP contribution in [0, 0.1) is 44.1 Å². The molecule has 27 valence electrons. The summed E-state index contributed by atoms with van der Waals surface area (Å²) in [6.45, 7) is 0. The summed E-state index contributed by atoms with van der Waals surface area (Å²) in [4.78, 5) is 0. The maximum atomic E-state index is 0. The first-order chi connectivity index (χ1) is 0. The van der Waals surface area contributed by atoms with Gasteiger partial charge in [-0.1, -0.05) is 0 Å². The third-order valence-corrected chi connectivity index (χ3v) is 0. The first kappa shape index (κ1) is 33.3. The molecule has 0 fully saturated rings. The number of halogens is 3. The molecule has 0 N–H and O–H groups in total. The zero-order valence-electron chi connectivity index (χ0n) is 1.80. The second-order valence-electron chi connectivity index (χ2n) is 0. The quantitative estimate of drug-likeness (QED) is 0.625. The Morgan fingerprint density at radius 3 is 0.500 bits per heavy atom. The molecule has 0 aromatic rings. The molecule has 0 amide bonds. The van der Waals surface area contributed by atoms with E-state index in [2.05, 4.69) is 0 Å². The summed E-state index contributed by atoms with van der Waals surface area (Å²) < 4.78 is 0. The standard InChI is InChI=1S/Ac.3ClH/h;3*1H. The fraction of sp³-hybridized carbons (Fsp3) is 0. The molecular formula is H3AcCl3. The number of hydrogen-bond acceptors (Lipinski definition) is 0. The van der Waals surface area contributed by atoms with Gasteiger partial charge in [0.05, 0.1) is 0 Å². The second kappa shape index (κ2) is 18.5. The minimum absolute atomic E-state index is 0. The molecular weight excluding hydrogens is 333 g/mol. The maximum absolute atomic E-state index is 0. The summed E-state index contributed by atoms with van der Waals surface area (Å²) in [7, 11) is 0. The van der Waals surface area contributed by atoms with Crippen LogP contribution >= 0.6 is 37.2 Å². The van der Waals surface area contributed by atoms with Gasteiger partial charge in [0.2, 0.25) is 0 Å². The van der Waals surface area contributed by atoms with Crippen LogP contribution < -0.4 is 0 Å². The van der Waals surface area contributed by atoms with Crippen molar-refractivity contribution < 1.29 is 44.1 Å². The van der Waals surface area contributed by atoms with Crippen LogP contribution in [0.2, 0.25) is 0 Å². The van der Waals surface area contributed by atoms with Gasteiger partial charge in [-0.15, -0.1) is 37.2 Å². The minimum atomic E-state index is 0. The average molecular weight is 336 g/mol. The van der Waals surface area contributed by atoms with Crippen LogP contribution in [0.4, 0.5) is 0 Å².